The van der Waals surface area contributed by atoms with Crippen LogP contribution in [0.5, 0.6) is 0 Å². The van der Waals surface area contributed by atoms with E-state index in [-0.39, 0.29) is 17.5 Å². The van der Waals surface area contributed by atoms with E-state index in [0.717, 1.165) is 22.7 Å². The molecule has 2 heterocycles. The summed E-state index contributed by atoms with van der Waals surface area (Å²) in [6.07, 6.45) is 5.19. The Balaban J connectivity index is 1.72. The summed E-state index contributed by atoms with van der Waals surface area (Å²) in [5.74, 6) is -0.336. The zero-order chi connectivity index (χ0) is 16.0. The van der Waals surface area contributed by atoms with Gasteiger partial charge in [0.05, 0.1) is 0 Å². The van der Waals surface area contributed by atoms with Crippen LogP contribution in [0.1, 0.15) is 12.8 Å². The molecule has 4 rings (SSSR count). The van der Waals surface area contributed by atoms with Crippen LogP contribution < -0.4 is 5.32 Å². The Morgan fingerprint density at radius 1 is 1.35 bits per heavy atom. The number of fused-ring (bicyclic) bond motifs is 1. The Hall–Kier alpha value is -2.28. The molecular formula is C16H12BrFN4O. The summed E-state index contributed by atoms with van der Waals surface area (Å²) in [6, 6.07) is 6.32. The molecule has 0 aliphatic heterocycles. The maximum Gasteiger partial charge on any atom is 0.227 e. The van der Waals surface area contributed by atoms with Gasteiger partial charge in [-0.1, -0.05) is 0 Å². The molecule has 0 saturated heterocycles. The van der Waals surface area contributed by atoms with Crippen molar-refractivity contribution in [2.24, 2.45) is 5.92 Å². The monoisotopic (exact) mass is 374 g/mol. The van der Waals surface area contributed by atoms with Crippen LogP contribution in [0.3, 0.4) is 0 Å². The molecule has 0 unspecified atom stereocenters. The minimum absolute atomic E-state index is 0.0150. The van der Waals surface area contributed by atoms with E-state index in [0.29, 0.717) is 11.3 Å². The molecule has 0 radical (unpaired) electrons. The third kappa shape index (κ3) is 2.84. The van der Waals surface area contributed by atoms with Crippen molar-refractivity contribution >= 4 is 38.6 Å². The molecule has 5 nitrogen and oxygen atoms in total. The van der Waals surface area contributed by atoms with E-state index in [4.69, 9.17) is 0 Å². The molecule has 1 aliphatic rings. The van der Waals surface area contributed by atoms with Gasteiger partial charge in [0.2, 0.25) is 5.91 Å². The second-order valence-corrected chi connectivity index (χ2v) is 6.49. The van der Waals surface area contributed by atoms with E-state index in [1.807, 2.05) is 6.07 Å². The van der Waals surface area contributed by atoms with Gasteiger partial charge < -0.3 is 5.32 Å². The van der Waals surface area contributed by atoms with Crippen LogP contribution in [-0.4, -0.2) is 20.7 Å². The van der Waals surface area contributed by atoms with Gasteiger partial charge in [-0.3, -0.25) is 4.79 Å². The molecule has 2 aromatic heterocycles. The van der Waals surface area contributed by atoms with Gasteiger partial charge in [-0.05, 0) is 53.0 Å². The van der Waals surface area contributed by atoms with Gasteiger partial charge in [-0.15, -0.1) is 5.10 Å². The van der Waals surface area contributed by atoms with Crippen LogP contribution in [0.25, 0.3) is 16.7 Å². The molecule has 1 aliphatic carbocycles. The summed E-state index contributed by atoms with van der Waals surface area (Å²) >= 11 is 3.35. The molecule has 116 valence electrons. The second kappa shape index (κ2) is 5.42. The number of carbonyl (C=O) groups is 1. The number of nitrogens with zero attached hydrogens (tertiary/aromatic N) is 3. The molecule has 0 spiro atoms. The number of amides is 1. The van der Waals surface area contributed by atoms with Crippen molar-refractivity contribution in [3.05, 3.63) is 46.9 Å². The molecule has 23 heavy (non-hydrogen) atoms. The fraction of sp³-hybridized carbons (Fsp3) is 0.188. The zero-order valence-corrected chi connectivity index (χ0v) is 13.5. The number of anilines is 1. The van der Waals surface area contributed by atoms with Crippen molar-refractivity contribution in [2.45, 2.75) is 12.8 Å². The highest BCUT2D eigenvalue weighted by molar-refractivity contribution is 9.10. The van der Waals surface area contributed by atoms with Crippen LogP contribution >= 0.6 is 15.9 Å². The molecule has 7 heteroatoms. The van der Waals surface area contributed by atoms with Crippen molar-refractivity contribution in [2.75, 3.05) is 5.32 Å². The number of halogens is 2. The smallest absolute Gasteiger partial charge is 0.227 e. The van der Waals surface area contributed by atoms with Gasteiger partial charge >= 0.3 is 0 Å². The predicted octanol–water partition coefficient (Wildman–Crippen LogP) is 3.67. The third-order valence-electron chi connectivity index (χ3n) is 3.73. The maximum absolute atomic E-state index is 14.2. The van der Waals surface area contributed by atoms with Gasteiger partial charge in [0.25, 0.3) is 0 Å². The molecule has 0 bridgehead atoms. The van der Waals surface area contributed by atoms with Crippen LogP contribution in [0.15, 0.2) is 41.1 Å². The summed E-state index contributed by atoms with van der Waals surface area (Å²) in [4.78, 5) is 16.0. The van der Waals surface area contributed by atoms with Crippen LogP contribution in [0.2, 0.25) is 0 Å². The summed E-state index contributed by atoms with van der Waals surface area (Å²) in [6.45, 7) is 0. The number of benzene rings is 1. The first-order chi connectivity index (χ1) is 11.1. The Morgan fingerprint density at radius 3 is 2.96 bits per heavy atom. The number of hydrogen-bond acceptors (Lipinski definition) is 3. The van der Waals surface area contributed by atoms with Crippen LogP contribution in [-0.2, 0) is 4.79 Å². The van der Waals surface area contributed by atoms with Crippen LogP contribution in [0, 0.1) is 11.7 Å². The van der Waals surface area contributed by atoms with Gasteiger partial charge in [0.15, 0.2) is 5.65 Å². The van der Waals surface area contributed by atoms with E-state index < -0.39 is 5.82 Å². The van der Waals surface area contributed by atoms with E-state index in [1.165, 1.54) is 10.7 Å². The average molecular weight is 375 g/mol. The SMILES string of the molecule is O=C(Nc1ccc(F)c(-n2cc3cc(Br)cnc3n2)c1)C1CC1. The van der Waals surface area contributed by atoms with Crippen molar-refractivity contribution in [1.29, 1.82) is 0 Å². The molecule has 1 saturated carbocycles. The molecule has 3 aromatic rings. The van der Waals surface area contributed by atoms with E-state index in [9.17, 15) is 9.18 Å². The summed E-state index contributed by atoms with van der Waals surface area (Å²) in [7, 11) is 0. The largest absolute Gasteiger partial charge is 0.326 e. The minimum Gasteiger partial charge on any atom is -0.326 e. The Labute approximate surface area is 139 Å². The number of aromatic nitrogens is 3. The molecular weight excluding hydrogens is 363 g/mol. The third-order valence-corrected chi connectivity index (χ3v) is 4.17. The molecule has 1 fully saturated rings. The lowest BCUT2D eigenvalue weighted by molar-refractivity contribution is -0.117. The minimum atomic E-state index is -0.415. The standard InChI is InChI=1S/C16H12BrFN4O/c17-11-5-10-8-22(21-15(10)19-7-11)14-6-12(3-4-13(14)18)20-16(23)9-1-2-9/h3-9H,1-2H2,(H,20,23). The fourth-order valence-corrected chi connectivity index (χ4v) is 2.72. The van der Waals surface area contributed by atoms with Crippen molar-refractivity contribution in [3.8, 4) is 5.69 Å². The maximum atomic E-state index is 14.2. The quantitative estimate of drug-likeness (QED) is 0.760. The second-order valence-electron chi connectivity index (χ2n) is 5.57. The summed E-state index contributed by atoms with van der Waals surface area (Å²) in [5, 5.41) is 7.90. The number of carbonyl (C=O) groups excluding carboxylic acids is 1. The van der Waals surface area contributed by atoms with Gasteiger partial charge in [0.1, 0.15) is 11.5 Å². The van der Waals surface area contributed by atoms with Gasteiger partial charge in [-0.2, -0.15) is 0 Å². The highest BCUT2D eigenvalue weighted by Crippen LogP contribution is 2.30. The topological polar surface area (TPSA) is 59.8 Å². The average Bonchev–Trinajstić information content (AvgIpc) is 3.29. The van der Waals surface area contributed by atoms with Gasteiger partial charge in [0, 0.05) is 33.9 Å². The molecule has 0 atom stereocenters. The van der Waals surface area contributed by atoms with E-state index in [1.54, 1.807) is 24.5 Å². The lowest BCUT2D eigenvalue weighted by atomic mass is 10.2. The summed E-state index contributed by atoms with van der Waals surface area (Å²) < 4.78 is 16.4. The molecule has 1 amide bonds. The lowest BCUT2D eigenvalue weighted by Gasteiger charge is -2.08. The Morgan fingerprint density at radius 2 is 2.17 bits per heavy atom. The number of hydrogen-bond donors (Lipinski definition) is 1. The van der Waals surface area contributed by atoms with Crippen molar-refractivity contribution in [1.82, 2.24) is 14.8 Å². The van der Waals surface area contributed by atoms with E-state index >= 15 is 0 Å². The van der Waals surface area contributed by atoms with Crippen molar-refractivity contribution in [3.63, 3.8) is 0 Å². The first kappa shape index (κ1) is 14.3. The first-order valence-electron chi connectivity index (χ1n) is 7.22. The highest BCUT2D eigenvalue weighted by Gasteiger charge is 2.29. The first-order valence-corrected chi connectivity index (χ1v) is 8.01. The molecule has 1 N–H and O–H groups in total. The van der Waals surface area contributed by atoms with Gasteiger partial charge in [-0.25, -0.2) is 14.1 Å². The summed E-state index contributed by atoms with van der Waals surface area (Å²) in [5.41, 5.74) is 1.36. The Kier molecular flexibility index (Phi) is 3.37. The molecule has 1 aromatic carbocycles. The zero-order valence-electron chi connectivity index (χ0n) is 12.0. The van der Waals surface area contributed by atoms with Crippen molar-refractivity contribution < 1.29 is 9.18 Å². The number of nitrogens with one attached hydrogen (secondary N) is 1. The predicted molar refractivity (Wildman–Crippen MR) is 87.9 cm³/mol. The Bertz CT molecular complexity index is 920. The fourth-order valence-electron chi connectivity index (χ4n) is 2.37. The number of pyridine rings is 1. The van der Waals surface area contributed by atoms with E-state index in [2.05, 4.69) is 31.3 Å². The van der Waals surface area contributed by atoms with Crippen LogP contribution in [0.4, 0.5) is 10.1 Å². The number of rotatable bonds is 3. The highest BCUT2D eigenvalue weighted by atomic mass is 79.9. The lowest BCUT2D eigenvalue weighted by Crippen LogP contribution is -2.13. The normalized spacial score (nSPS) is 14.2.